The minimum Gasteiger partial charge on any atom is -0.483 e. The van der Waals surface area contributed by atoms with Crippen LogP contribution >= 0.6 is 11.8 Å². The lowest BCUT2D eigenvalue weighted by Crippen LogP contribution is -2.49. The molecule has 0 spiro atoms. The summed E-state index contributed by atoms with van der Waals surface area (Å²) in [6, 6.07) is 32.2. The summed E-state index contributed by atoms with van der Waals surface area (Å²) in [7, 11) is 0. The summed E-state index contributed by atoms with van der Waals surface area (Å²) in [5, 5.41) is 0. The molecule has 7 heteroatoms. The van der Waals surface area contributed by atoms with Crippen molar-refractivity contribution in [3.63, 3.8) is 0 Å². The molecule has 4 aromatic rings. The van der Waals surface area contributed by atoms with Crippen LogP contribution < -0.4 is 20.5 Å². The van der Waals surface area contributed by atoms with Gasteiger partial charge in [0.1, 0.15) is 5.75 Å². The summed E-state index contributed by atoms with van der Waals surface area (Å²) in [4.78, 5) is 29.0. The van der Waals surface area contributed by atoms with Crippen LogP contribution in [0.1, 0.15) is 0 Å². The highest BCUT2D eigenvalue weighted by atomic mass is 32.2. The Balaban J connectivity index is 1.25. The molecule has 4 aromatic carbocycles. The van der Waals surface area contributed by atoms with Crippen LogP contribution in [0.25, 0.3) is 11.1 Å². The number of carbonyl (C=O) groups excluding carboxylic acids is 2. The molecule has 0 radical (unpaired) electrons. The van der Waals surface area contributed by atoms with Crippen molar-refractivity contribution < 1.29 is 14.3 Å². The number of para-hydroxylation sites is 3. The van der Waals surface area contributed by atoms with E-state index in [1.54, 1.807) is 16.7 Å². The van der Waals surface area contributed by atoms with Gasteiger partial charge in [-0.2, -0.15) is 0 Å². The van der Waals surface area contributed by atoms with Gasteiger partial charge < -0.3 is 4.74 Å². The molecule has 1 aliphatic rings. The molecule has 0 fully saturated rings. The van der Waals surface area contributed by atoms with Crippen molar-refractivity contribution in [3.8, 4) is 16.9 Å². The first kappa shape index (κ1) is 21.6. The van der Waals surface area contributed by atoms with Gasteiger partial charge >= 0.3 is 6.03 Å². The molecule has 0 saturated heterocycles. The third-order valence-corrected chi connectivity index (χ3v) is 6.41. The van der Waals surface area contributed by atoms with Crippen molar-refractivity contribution in [1.82, 2.24) is 10.9 Å². The van der Waals surface area contributed by atoms with E-state index in [-0.39, 0.29) is 6.61 Å². The number of fused-ring (bicyclic) bond motifs is 2. The van der Waals surface area contributed by atoms with Crippen molar-refractivity contribution >= 4 is 35.1 Å². The van der Waals surface area contributed by atoms with E-state index in [2.05, 4.69) is 10.9 Å². The lowest BCUT2D eigenvalue weighted by atomic mass is 10.1. The van der Waals surface area contributed by atoms with Gasteiger partial charge in [0.05, 0.1) is 11.4 Å². The Morgan fingerprint density at radius 2 is 1.29 bits per heavy atom. The highest BCUT2D eigenvalue weighted by molar-refractivity contribution is 7.99. The van der Waals surface area contributed by atoms with Gasteiger partial charge in [0, 0.05) is 15.4 Å². The molecule has 1 heterocycles. The number of ether oxygens (including phenoxy) is 1. The van der Waals surface area contributed by atoms with E-state index in [9.17, 15) is 9.59 Å². The molecule has 0 bridgehead atoms. The zero-order valence-electron chi connectivity index (χ0n) is 18.1. The summed E-state index contributed by atoms with van der Waals surface area (Å²) in [6.07, 6.45) is 0. The van der Waals surface area contributed by atoms with Crippen molar-refractivity contribution in [2.24, 2.45) is 0 Å². The SMILES string of the molecule is O=C(COc1ccccc1-c1ccccc1)NNC(=O)N1c2ccccc2Sc2ccccc21. The lowest BCUT2D eigenvalue weighted by molar-refractivity contribution is -0.123. The fourth-order valence-corrected chi connectivity index (χ4v) is 4.79. The van der Waals surface area contributed by atoms with E-state index in [4.69, 9.17) is 4.74 Å². The molecule has 0 aromatic heterocycles. The first-order chi connectivity index (χ1) is 16.7. The number of hydrogen-bond acceptors (Lipinski definition) is 4. The van der Waals surface area contributed by atoms with Crippen LogP contribution in [0.2, 0.25) is 0 Å². The van der Waals surface area contributed by atoms with Crippen LogP contribution in [0.3, 0.4) is 0 Å². The maximum absolute atomic E-state index is 13.1. The largest absolute Gasteiger partial charge is 0.483 e. The van der Waals surface area contributed by atoms with Crippen LogP contribution in [0.15, 0.2) is 113 Å². The maximum atomic E-state index is 13.1. The molecule has 2 N–H and O–H groups in total. The highest BCUT2D eigenvalue weighted by Crippen LogP contribution is 2.47. The Morgan fingerprint density at radius 1 is 0.706 bits per heavy atom. The Hall–Kier alpha value is -4.23. The van der Waals surface area contributed by atoms with Gasteiger partial charge in [-0.1, -0.05) is 84.6 Å². The number of carbonyl (C=O) groups is 2. The smallest absolute Gasteiger partial charge is 0.345 e. The fraction of sp³-hybridized carbons (Fsp3) is 0.0370. The number of amides is 3. The molecule has 0 aliphatic carbocycles. The Labute approximate surface area is 201 Å². The van der Waals surface area contributed by atoms with Crippen molar-refractivity contribution in [3.05, 3.63) is 103 Å². The third kappa shape index (κ3) is 4.46. The van der Waals surface area contributed by atoms with Gasteiger partial charge in [-0.3, -0.25) is 15.1 Å². The van der Waals surface area contributed by atoms with Crippen LogP contribution in [0.4, 0.5) is 16.2 Å². The fourth-order valence-electron chi connectivity index (χ4n) is 3.73. The number of anilines is 2. The number of nitrogens with zero attached hydrogens (tertiary/aromatic N) is 1. The molecular formula is C27H21N3O3S. The summed E-state index contributed by atoms with van der Waals surface area (Å²) in [5.41, 5.74) is 8.37. The van der Waals surface area contributed by atoms with Crippen LogP contribution in [0.5, 0.6) is 5.75 Å². The first-order valence-corrected chi connectivity index (χ1v) is 11.5. The minimum absolute atomic E-state index is 0.243. The van der Waals surface area contributed by atoms with Gasteiger partial charge in [-0.25, -0.2) is 10.2 Å². The monoisotopic (exact) mass is 467 g/mol. The maximum Gasteiger partial charge on any atom is 0.345 e. The zero-order valence-corrected chi connectivity index (χ0v) is 18.9. The second-order valence-corrected chi connectivity index (χ2v) is 8.59. The summed E-state index contributed by atoms with van der Waals surface area (Å²) in [6.45, 7) is -0.243. The predicted molar refractivity (Wildman–Crippen MR) is 133 cm³/mol. The minimum atomic E-state index is -0.468. The van der Waals surface area contributed by atoms with E-state index < -0.39 is 11.9 Å². The van der Waals surface area contributed by atoms with Crippen LogP contribution in [-0.4, -0.2) is 18.5 Å². The summed E-state index contributed by atoms with van der Waals surface area (Å²) in [5.74, 6) is 0.121. The Bertz CT molecular complexity index is 1300. The molecule has 0 unspecified atom stereocenters. The topological polar surface area (TPSA) is 70.7 Å². The van der Waals surface area contributed by atoms with Gasteiger partial charge in [-0.15, -0.1) is 0 Å². The van der Waals surface area contributed by atoms with Crippen LogP contribution in [0, 0.1) is 0 Å². The molecule has 5 rings (SSSR count). The average Bonchev–Trinajstić information content (AvgIpc) is 2.89. The van der Waals surface area contributed by atoms with Crippen molar-refractivity contribution in [2.45, 2.75) is 9.79 Å². The van der Waals surface area contributed by atoms with Gasteiger partial charge in [0.25, 0.3) is 5.91 Å². The number of hydrazine groups is 1. The third-order valence-electron chi connectivity index (χ3n) is 5.27. The molecule has 168 valence electrons. The second kappa shape index (κ2) is 9.72. The number of hydrogen-bond donors (Lipinski definition) is 2. The van der Waals surface area contributed by atoms with E-state index in [1.165, 1.54) is 0 Å². The molecule has 6 nitrogen and oxygen atoms in total. The average molecular weight is 468 g/mol. The standard InChI is InChI=1S/C27H21N3O3S/c31-26(18-33-23-15-7-4-12-20(23)19-10-2-1-3-11-19)28-29-27(32)30-21-13-5-8-16-24(21)34-25-17-9-6-14-22(25)30/h1-17H,18H2,(H,28,31)(H,29,32). The van der Waals surface area contributed by atoms with E-state index in [0.29, 0.717) is 5.75 Å². The lowest BCUT2D eigenvalue weighted by Gasteiger charge is -2.30. The van der Waals surface area contributed by atoms with Gasteiger partial charge in [0.15, 0.2) is 6.61 Å². The summed E-state index contributed by atoms with van der Waals surface area (Å²) < 4.78 is 5.76. The molecule has 34 heavy (non-hydrogen) atoms. The number of nitrogens with one attached hydrogen (secondary N) is 2. The van der Waals surface area contributed by atoms with Gasteiger partial charge in [0.2, 0.25) is 0 Å². The molecular weight excluding hydrogens is 446 g/mol. The number of benzene rings is 4. The Morgan fingerprint density at radius 3 is 2.00 bits per heavy atom. The predicted octanol–water partition coefficient (Wildman–Crippen LogP) is 5.78. The quantitative estimate of drug-likeness (QED) is 0.374. The zero-order chi connectivity index (χ0) is 23.3. The normalized spacial score (nSPS) is 11.7. The summed E-state index contributed by atoms with van der Waals surface area (Å²) >= 11 is 1.60. The molecule has 0 saturated carbocycles. The highest BCUT2D eigenvalue weighted by Gasteiger charge is 2.28. The van der Waals surface area contributed by atoms with E-state index >= 15 is 0 Å². The van der Waals surface area contributed by atoms with Gasteiger partial charge in [-0.05, 0) is 35.9 Å². The second-order valence-electron chi connectivity index (χ2n) is 7.50. The van der Waals surface area contributed by atoms with Crippen molar-refractivity contribution in [1.29, 1.82) is 0 Å². The number of urea groups is 1. The molecule has 0 atom stereocenters. The van der Waals surface area contributed by atoms with E-state index in [1.807, 2.05) is 103 Å². The Kier molecular flexibility index (Phi) is 6.18. The molecule has 3 amide bonds. The number of rotatable bonds is 4. The molecule has 1 aliphatic heterocycles. The van der Waals surface area contributed by atoms with Crippen molar-refractivity contribution in [2.75, 3.05) is 11.5 Å². The van der Waals surface area contributed by atoms with E-state index in [0.717, 1.165) is 32.3 Å². The van der Waals surface area contributed by atoms with Crippen LogP contribution in [-0.2, 0) is 4.79 Å². The first-order valence-electron chi connectivity index (χ1n) is 10.7.